The molecule has 1 saturated carbocycles. The molecule has 6 heteroatoms. The maximum atomic E-state index is 6.21. The maximum absolute atomic E-state index is 6.21. The lowest BCUT2D eigenvalue weighted by Gasteiger charge is -2.12. The van der Waals surface area contributed by atoms with Crippen molar-refractivity contribution in [3.63, 3.8) is 0 Å². The second-order valence-corrected chi connectivity index (χ2v) is 7.00. The molecule has 0 radical (unpaired) electrons. The fraction of sp³-hybridized carbons (Fsp3) is 0.286. The lowest BCUT2D eigenvalue weighted by Crippen LogP contribution is -2.03. The lowest BCUT2D eigenvalue weighted by molar-refractivity contribution is 0.922. The summed E-state index contributed by atoms with van der Waals surface area (Å²) in [6.45, 7) is 1.92. The van der Waals surface area contributed by atoms with Crippen molar-refractivity contribution < 1.29 is 0 Å². The van der Waals surface area contributed by atoms with Crippen LogP contribution in [0.1, 0.15) is 30.1 Å². The first-order valence-electron chi connectivity index (χ1n) is 6.30. The number of hydrogen-bond donors (Lipinski definition) is 1. The topological polar surface area (TPSA) is 37.8 Å². The Kier molecular flexibility index (Phi) is 4.02. The van der Waals surface area contributed by atoms with Crippen molar-refractivity contribution in [2.45, 2.75) is 25.7 Å². The molecule has 0 atom stereocenters. The molecule has 20 heavy (non-hydrogen) atoms. The van der Waals surface area contributed by atoms with E-state index in [1.165, 1.54) is 0 Å². The van der Waals surface area contributed by atoms with Gasteiger partial charge in [-0.1, -0.05) is 27.5 Å². The van der Waals surface area contributed by atoms with Crippen LogP contribution in [0.25, 0.3) is 0 Å². The summed E-state index contributed by atoms with van der Waals surface area (Å²) in [5.41, 5.74) is 1.82. The summed E-state index contributed by atoms with van der Waals surface area (Å²) in [6, 6.07) is 5.95. The molecule has 0 bridgehead atoms. The third-order valence-electron chi connectivity index (χ3n) is 3.23. The molecule has 0 unspecified atom stereocenters. The van der Waals surface area contributed by atoms with Gasteiger partial charge in [0, 0.05) is 20.4 Å². The van der Waals surface area contributed by atoms with E-state index in [4.69, 9.17) is 11.6 Å². The first-order chi connectivity index (χ1) is 9.54. The molecule has 1 aliphatic carbocycles. The van der Waals surface area contributed by atoms with Crippen LogP contribution < -0.4 is 5.32 Å². The molecular formula is C14H12Br2ClN3. The number of nitrogens with one attached hydrogen (secondary N) is 1. The summed E-state index contributed by atoms with van der Waals surface area (Å²) in [4.78, 5) is 8.98. The Balaban J connectivity index is 1.97. The second-order valence-electron chi connectivity index (χ2n) is 4.87. The summed E-state index contributed by atoms with van der Waals surface area (Å²) in [7, 11) is 0. The predicted molar refractivity (Wildman–Crippen MR) is 88.9 cm³/mol. The van der Waals surface area contributed by atoms with E-state index in [1.807, 2.05) is 25.1 Å². The van der Waals surface area contributed by atoms with Crippen LogP contribution in [0.5, 0.6) is 0 Å². The molecule has 0 spiro atoms. The van der Waals surface area contributed by atoms with Crippen LogP contribution in [0.3, 0.4) is 0 Å². The van der Waals surface area contributed by atoms with E-state index in [9.17, 15) is 0 Å². The van der Waals surface area contributed by atoms with Gasteiger partial charge in [0.25, 0.3) is 0 Å². The Morgan fingerprint density at radius 1 is 1.25 bits per heavy atom. The van der Waals surface area contributed by atoms with Gasteiger partial charge in [-0.2, -0.15) is 0 Å². The molecule has 1 aliphatic rings. The smallest absolute Gasteiger partial charge is 0.138 e. The molecule has 1 fully saturated rings. The van der Waals surface area contributed by atoms with Crippen molar-refractivity contribution in [3.05, 3.63) is 43.7 Å². The Morgan fingerprint density at radius 2 is 2.00 bits per heavy atom. The van der Waals surface area contributed by atoms with Crippen molar-refractivity contribution in [1.82, 2.24) is 9.97 Å². The highest BCUT2D eigenvalue weighted by molar-refractivity contribution is 9.11. The molecular weight excluding hydrogens is 405 g/mol. The van der Waals surface area contributed by atoms with Crippen molar-refractivity contribution in [2.24, 2.45) is 0 Å². The monoisotopic (exact) mass is 415 g/mol. The SMILES string of the molecule is Cc1c(Cl)nc(C2CC2)nc1Nc1ccc(Br)cc1Br. The first kappa shape index (κ1) is 14.3. The molecule has 0 saturated heterocycles. The van der Waals surface area contributed by atoms with E-state index >= 15 is 0 Å². The Hall–Kier alpha value is -0.650. The predicted octanol–water partition coefficient (Wildman–Crippen LogP) is 5.58. The third kappa shape index (κ3) is 3.00. The number of anilines is 2. The van der Waals surface area contributed by atoms with Gasteiger partial charge in [-0.15, -0.1) is 0 Å². The van der Waals surface area contributed by atoms with Gasteiger partial charge < -0.3 is 5.32 Å². The van der Waals surface area contributed by atoms with Gasteiger partial charge in [-0.25, -0.2) is 9.97 Å². The standard InChI is InChI=1S/C14H12Br2ClN3/c1-7-12(17)19-14(8-2-3-8)20-13(7)18-11-5-4-9(15)6-10(11)16/h4-6,8H,2-3H2,1H3,(H,18,19,20). The zero-order chi connectivity index (χ0) is 14.3. The molecule has 1 aromatic carbocycles. The molecule has 2 aromatic rings. The number of nitrogens with zero attached hydrogens (tertiary/aromatic N) is 2. The van der Waals surface area contributed by atoms with E-state index in [2.05, 4.69) is 47.1 Å². The molecule has 104 valence electrons. The highest BCUT2D eigenvalue weighted by Crippen LogP contribution is 2.40. The lowest BCUT2D eigenvalue weighted by atomic mass is 10.2. The van der Waals surface area contributed by atoms with E-state index in [0.717, 1.165) is 44.7 Å². The van der Waals surface area contributed by atoms with E-state index < -0.39 is 0 Å². The number of hydrogen-bond acceptors (Lipinski definition) is 3. The highest BCUT2D eigenvalue weighted by Gasteiger charge is 2.28. The van der Waals surface area contributed by atoms with E-state index in [0.29, 0.717) is 11.1 Å². The van der Waals surface area contributed by atoms with Gasteiger partial charge >= 0.3 is 0 Å². The van der Waals surface area contributed by atoms with Crippen molar-refractivity contribution in [3.8, 4) is 0 Å². The van der Waals surface area contributed by atoms with Gasteiger partial charge in [-0.3, -0.25) is 0 Å². The average Bonchev–Trinajstić information content (AvgIpc) is 3.22. The van der Waals surface area contributed by atoms with Gasteiger partial charge in [-0.05, 0) is 53.9 Å². The maximum Gasteiger partial charge on any atom is 0.138 e. The minimum atomic E-state index is 0.474. The summed E-state index contributed by atoms with van der Waals surface area (Å²) < 4.78 is 1.99. The highest BCUT2D eigenvalue weighted by atomic mass is 79.9. The van der Waals surface area contributed by atoms with Crippen LogP contribution in [0.15, 0.2) is 27.1 Å². The fourth-order valence-electron chi connectivity index (χ4n) is 1.87. The zero-order valence-electron chi connectivity index (χ0n) is 10.8. The van der Waals surface area contributed by atoms with Crippen LogP contribution >= 0.6 is 43.5 Å². The Bertz CT molecular complexity index is 672. The Morgan fingerprint density at radius 3 is 2.65 bits per heavy atom. The number of benzene rings is 1. The molecule has 3 nitrogen and oxygen atoms in total. The largest absolute Gasteiger partial charge is 0.339 e. The van der Waals surface area contributed by atoms with Crippen molar-refractivity contribution in [1.29, 1.82) is 0 Å². The number of aromatic nitrogens is 2. The van der Waals surface area contributed by atoms with Crippen LogP contribution in [-0.4, -0.2) is 9.97 Å². The van der Waals surface area contributed by atoms with E-state index in [1.54, 1.807) is 0 Å². The molecule has 1 N–H and O–H groups in total. The van der Waals surface area contributed by atoms with Crippen LogP contribution in [0, 0.1) is 6.92 Å². The molecule has 0 aliphatic heterocycles. The van der Waals surface area contributed by atoms with Gasteiger partial charge in [0.2, 0.25) is 0 Å². The van der Waals surface area contributed by atoms with Crippen molar-refractivity contribution >= 4 is 55.0 Å². The Labute approximate surface area is 139 Å². The van der Waals surface area contributed by atoms with Crippen LogP contribution in [-0.2, 0) is 0 Å². The number of halogens is 3. The summed E-state index contributed by atoms with van der Waals surface area (Å²) >= 11 is 13.2. The molecule has 1 aromatic heterocycles. The van der Waals surface area contributed by atoms with Crippen molar-refractivity contribution in [2.75, 3.05) is 5.32 Å². The van der Waals surface area contributed by atoms with E-state index in [-0.39, 0.29) is 0 Å². The molecule has 3 rings (SSSR count). The minimum Gasteiger partial charge on any atom is -0.339 e. The molecule has 1 heterocycles. The van der Waals surface area contributed by atoms with Gasteiger partial charge in [0.15, 0.2) is 0 Å². The third-order valence-corrected chi connectivity index (χ3v) is 4.75. The zero-order valence-corrected chi connectivity index (χ0v) is 14.7. The quantitative estimate of drug-likeness (QED) is 0.662. The van der Waals surface area contributed by atoms with Gasteiger partial charge in [0.1, 0.15) is 16.8 Å². The van der Waals surface area contributed by atoms with Crippen LogP contribution in [0.4, 0.5) is 11.5 Å². The fourth-order valence-corrected chi connectivity index (χ4v) is 3.19. The summed E-state index contributed by atoms with van der Waals surface area (Å²) in [5.74, 6) is 2.09. The van der Waals surface area contributed by atoms with Gasteiger partial charge in [0.05, 0.1) is 5.69 Å². The minimum absolute atomic E-state index is 0.474. The number of rotatable bonds is 3. The van der Waals surface area contributed by atoms with Crippen LogP contribution in [0.2, 0.25) is 5.15 Å². The summed E-state index contributed by atoms with van der Waals surface area (Å²) in [5, 5.41) is 3.85. The molecule has 0 amide bonds. The summed E-state index contributed by atoms with van der Waals surface area (Å²) in [6.07, 6.45) is 2.31. The first-order valence-corrected chi connectivity index (χ1v) is 8.27. The normalized spacial score (nSPS) is 14.4. The average molecular weight is 418 g/mol. The second kappa shape index (κ2) is 5.62.